The first-order valence-electron chi connectivity index (χ1n) is 7.42. The van der Waals surface area contributed by atoms with Crippen LogP contribution in [-0.4, -0.2) is 13.1 Å². The molecule has 0 fully saturated rings. The minimum absolute atomic E-state index is 0.105. The van der Waals surface area contributed by atoms with Gasteiger partial charge in [0.25, 0.3) is 0 Å². The molecule has 3 rings (SSSR count). The molecular formula is C18H21FN2. The number of rotatable bonds is 3. The van der Waals surface area contributed by atoms with Crippen molar-refractivity contribution in [2.24, 2.45) is 5.73 Å². The molecule has 2 aromatic rings. The van der Waals surface area contributed by atoms with Gasteiger partial charge in [-0.3, -0.25) is 0 Å². The van der Waals surface area contributed by atoms with Crippen LogP contribution in [-0.2, 0) is 6.42 Å². The zero-order valence-corrected chi connectivity index (χ0v) is 12.6. The molecule has 1 atom stereocenters. The first-order valence-corrected chi connectivity index (χ1v) is 7.42. The first-order chi connectivity index (χ1) is 10.1. The predicted octanol–water partition coefficient (Wildman–Crippen LogP) is 3.51. The monoisotopic (exact) mass is 284 g/mol. The van der Waals surface area contributed by atoms with Crippen molar-refractivity contribution in [3.05, 3.63) is 64.5 Å². The van der Waals surface area contributed by atoms with Crippen LogP contribution in [0.1, 0.15) is 28.3 Å². The van der Waals surface area contributed by atoms with Gasteiger partial charge in [0.05, 0.1) is 6.04 Å². The number of nitrogens with zero attached hydrogens (tertiary/aromatic N) is 1. The molecule has 0 saturated heterocycles. The zero-order chi connectivity index (χ0) is 15.0. The average Bonchev–Trinajstić information content (AvgIpc) is 2.85. The Morgan fingerprint density at radius 3 is 2.71 bits per heavy atom. The Morgan fingerprint density at radius 2 is 2.00 bits per heavy atom. The Balaban J connectivity index is 2.01. The average molecular weight is 284 g/mol. The number of benzene rings is 2. The van der Waals surface area contributed by atoms with Crippen LogP contribution in [0.2, 0.25) is 0 Å². The predicted molar refractivity (Wildman–Crippen MR) is 85.2 cm³/mol. The van der Waals surface area contributed by atoms with Crippen LogP contribution < -0.4 is 10.6 Å². The molecule has 3 heteroatoms. The molecule has 21 heavy (non-hydrogen) atoms. The molecule has 0 saturated carbocycles. The fraction of sp³-hybridized carbons (Fsp3) is 0.333. The summed E-state index contributed by atoms with van der Waals surface area (Å²) in [5.74, 6) is -0.183. The second-order valence-electron chi connectivity index (χ2n) is 5.83. The highest BCUT2D eigenvalue weighted by molar-refractivity contribution is 5.60. The first kappa shape index (κ1) is 14.1. The van der Waals surface area contributed by atoms with Crippen molar-refractivity contribution in [2.75, 3.05) is 18.0 Å². The van der Waals surface area contributed by atoms with Crippen LogP contribution >= 0.6 is 0 Å². The Morgan fingerprint density at radius 1 is 1.19 bits per heavy atom. The topological polar surface area (TPSA) is 29.3 Å². The lowest BCUT2D eigenvalue weighted by Gasteiger charge is -2.31. The van der Waals surface area contributed by atoms with Gasteiger partial charge in [-0.05, 0) is 49.1 Å². The van der Waals surface area contributed by atoms with Crippen molar-refractivity contribution in [3.8, 4) is 0 Å². The molecule has 0 radical (unpaired) electrons. The summed E-state index contributed by atoms with van der Waals surface area (Å²) in [5.41, 5.74) is 12.0. The Hall–Kier alpha value is -1.87. The lowest BCUT2D eigenvalue weighted by Crippen LogP contribution is -2.33. The highest BCUT2D eigenvalue weighted by Gasteiger charge is 2.27. The molecule has 0 bridgehead atoms. The number of hydrogen-bond acceptors (Lipinski definition) is 2. The Labute approximate surface area is 125 Å². The summed E-state index contributed by atoms with van der Waals surface area (Å²) in [4.78, 5) is 2.25. The molecule has 0 aliphatic carbocycles. The molecule has 1 heterocycles. The molecule has 0 spiro atoms. The minimum atomic E-state index is -0.183. The van der Waals surface area contributed by atoms with E-state index in [1.165, 1.54) is 28.3 Å². The van der Waals surface area contributed by atoms with Crippen molar-refractivity contribution in [2.45, 2.75) is 26.3 Å². The van der Waals surface area contributed by atoms with Gasteiger partial charge in [0.2, 0.25) is 0 Å². The van der Waals surface area contributed by atoms with Gasteiger partial charge < -0.3 is 10.6 Å². The summed E-state index contributed by atoms with van der Waals surface area (Å²) in [7, 11) is 0. The summed E-state index contributed by atoms with van der Waals surface area (Å²) < 4.78 is 13.6. The summed E-state index contributed by atoms with van der Waals surface area (Å²) in [6.07, 6.45) is 0.955. The van der Waals surface area contributed by atoms with Crippen molar-refractivity contribution < 1.29 is 4.39 Å². The summed E-state index contributed by atoms with van der Waals surface area (Å²) in [6.45, 7) is 5.64. The van der Waals surface area contributed by atoms with Crippen LogP contribution in [0.25, 0.3) is 0 Å². The van der Waals surface area contributed by atoms with Crippen molar-refractivity contribution in [1.82, 2.24) is 0 Å². The van der Waals surface area contributed by atoms with Gasteiger partial charge in [-0.25, -0.2) is 4.39 Å². The molecule has 1 unspecified atom stereocenters. The maximum Gasteiger partial charge on any atom is 0.125 e. The molecule has 0 amide bonds. The maximum absolute atomic E-state index is 13.6. The van der Waals surface area contributed by atoms with Crippen molar-refractivity contribution >= 4 is 5.69 Å². The quantitative estimate of drug-likeness (QED) is 0.934. The normalized spacial score (nSPS) is 15.1. The Kier molecular flexibility index (Phi) is 3.68. The van der Waals surface area contributed by atoms with Gasteiger partial charge in [0.1, 0.15) is 5.82 Å². The number of halogens is 1. The number of anilines is 1. The molecule has 2 aromatic carbocycles. The number of aryl methyl sites for hydroxylation is 2. The second kappa shape index (κ2) is 5.49. The summed E-state index contributed by atoms with van der Waals surface area (Å²) in [6, 6.07) is 11.6. The van der Waals surface area contributed by atoms with E-state index in [2.05, 4.69) is 36.9 Å². The van der Waals surface area contributed by atoms with E-state index in [1.54, 1.807) is 6.07 Å². The van der Waals surface area contributed by atoms with E-state index >= 15 is 0 Å². The van der Waals surface area contributed by atoms with E-state index in [0.717, 1.165) is 18.7 Å². The fourth-order valence-corrected chi connectivity index (χ4v) is 3.32. The van der Waals surface area contributed by atoms with Gasteiger partial charge in [0.15, 0.2) is 0 Å². The molecule has 1 aliphatic heterocycles. The third kappa shape index (κ3) is 2.54. The molecule has 0 aromatic heterocycles. The molecular weight excluding hydrogens is 263 g/mol. The molecule has 2 nitrogen and oxygen atoms in total. The minimum Gasteiger partial charge on any atom is -0.363 e. The summed E-state index contributed by atoms with van der Waals surface area (Å²) >= 11 is 0. The molecule has 1 aliphatic rings. The zero-order valence-electron chi connectivity index (χ0n) is 12.6. The third-order valence-electron chi connectivity index (χ3n) is 4.36. The van der Waals surface area contributed by atoms with Crippen molar-refractivity contribution in [1.29, 1.82) is 0 Å². The van der Waals surface area contributed by atoms with Crippen molar-refractivity contribution in [3.63, 3.8) is 0 Å². The molecule has 2 N–H and O–H groups in total. The van der Waals surface area contributed by atoms with E-state index in [1.807, 2.05) is 6.07 Å². The smallest absolute Gasteiger partial charge is 0.125 e. The van der Waals surface area contributed by atoms with Crippen LogP contribution in [0, 0.1) is 19.7 Å². The maximum atomic E-state index is 13.6. The standard InChI is InChI=1S/C18H21FN2/c1-12-3-6-16(13(2)9-12)18(11-20)21-8-7-14-4-5-15(19)10-17(14)21/h3-6,9-10,18H,7-8,11,20H2,1-2H3. The third-order valence-corrected chi connectivity index (χ3v) is 4.36. The number of hydrogen-bond donors (Lipinski definition) is 1. The molecule has 110 valence electrons. The van der Waals surface area contributed by atoms with E-state index in [9.17, 15) is 4.39 Å². The largest absolute Gasteiger partial charge is 0.363 e. The van der Waals surface area contributed by atoms with Gasteiger partial charge in [-0.1, -0.05) is 29.8 Å². The van der Waals surface area contributed by atoms with Crippen LogP contribution in [0.15, 0.2) is 36.4 Å². The summed E-state index contributed by atoms with van der Waals surface area (Å²) in [5, 5.41) is 0. The van der Waals surface area contributed by atoms with Crippen LogP contribution in [0.4, 0.5) is 10.1 Å². The van der Waals surface area contributed by atoms with Crippen LogP contribution in [0.3, 0.4) is 0 Å². The Bertz CT molecular complexity index is 666. The highest BCUT2D eigenvalue weighted by Crippen LogP contribution is 2.36. The lowest BCUT2D eigenvalue weighted by atomic mass is 9.98. The number of nitrogens with two attached hydrogens (primary N) is 1. The van der Waals surface area contributed by atoms with E-state index in [-0.39, 0.29) is 11.9 Å². The highest BCUT2D eigenvalue weighted by atomic mass is 19.1. The van der Waals surface area contributed by atoms with Gasteiger partial charge in [0, 0.05) is 18.8 Å². The van der Waals surface area contributed by atoms with Gasteiger partial charge in [-0.15, -0.1) is 0 Å². The van der Waals surface area contributed by atoms with E-state index < -0.39 is 0 Å². The van der Waals surface area contributed by atoms with E-state index in [4.69, 9.17) is 5.73 Å². The van der Waals surface area contributed by atoms with Gasteiger partial charge in [-0.2, -0.15) is 0 Å². The SMILES string of the molecule is Cc1ccc(C(CN)N2CCc3ccc(F)cc32)c(C)c1. The second-order valence-corrected chi connectivity index (χ2v) is 5.83. The van der Waals surface area contributed by atoms with Crippen LogP contribution in [0.5, 0.6) is 0 Å². The van der Waals surface area contributed by atoms with E-state index in [0.29, 0.717) is 6.54 Å². The van der Waals surface area contributed by atoms with Gasteiger partial charge >= 0.3 is 0 Å². The lowest BCUT2D eigenvalue weighted by molar-refractivity contribution is 0.621. The number of fused-ring (bicyclic) bond motifs is 1. The fourth-order valence-electron chi connectivity index (χ4n) is 3.32.